The van der Waals surface area contributed by atoms with Gasteiger partial charge in [-0.3, -0.25) is 4.79 Å². The van der Waals surface area contributed by atoms with E-state index in [0.29, 0.717) is 24.6 Å². The molecule has 9 heteroatoms. The van der Waals surface area contributed by atoms with Gasteiger partial charge in [0.2, 0.25) is 15.9 Å². The molecule has 2 heterocycles. The normalized spacial score (nSPS) is 17.1. The summed E-state index contributed by atoms with van der Waals surface area (Å²) in [5.74, 6) is 1.19. The molecule has 0 bridgehead atoms. The highest BCUT2D eigenvalue weighted by Crippen LogP contribution is 2.30. The summed E-state index contributed by atoms with van der Waals surface area (Å²) < 4.78 is 27.2. The molecule has 1 fully saturated rings. The van der Waals surface area contributed by atoms with Crippen molar-refractivity contribution in [1.82, 2.24) is 19.2 Å². The smallest absolute Gasteiger partial charge is 0.243 e. The Morgan fingerprint density at radius 2 is 1.77 bits per heavy atom. The molecular weight excluding hydrogens is 414 g/mol. The lowest BCUT2D eigenvalue weighted by Gasteiger charge is -2.22. The fourth-order valence-electron chi connectivity index (χ4n) is 3.62. The minimum atomic E-state index is -3.67. The van der Waals surface area contributed by atoms with E-state index in [2.05, 4.69) is 9.97 Å². The summed E-state index contributed by atoms with van der Waals surface area (Å²) in [5.41, 5.74) is 1.76. The molecule has 2 aromatic rings. The Labute approximate surface area is 185 Å². The number of benzene rings is 1. The fraction of sp³-hybridized carbons (Fsp3) is 0.500. The van der Waals surface area contributed by atoms with Crippen molar-refractivity contribution in [2.75, 3.05) is 32.6 Å². The van der Waals surface area contributed by atoms with Gasteiger partial charge in [-0.15, -0.1) is 0 Å². The number of nitrogens with zero attached hydrogens (tertiary/aromatic N) is 5. The van der Waals surface area contributed by atoms with Gasteiger partial charge >= 0.3 is 0 Å². The molecule has 0 N–H and O–H groups in total. The monoisotopic (exact) mass is 445 g/mol. The van der Waals surface area contributed by atoms with E-state index in [4.69, 9.17) is 0 Å². The van der Waals surface area contributed by atoms with E-state index in [9.17, 15) is 13.2 Å². The van der Waals surface area contributed by atoms with Gasteiger partial charge in [0.1, 0.15) is 11.6 Å². The van der Waals surface area contributed by atoms with Gasteiger partial charge in [0.05, 0.1) is 17.1 Å². The van der Waals surface area contributed by atoms with Crippen LogP contribution in [0.2, 0.25) is 0 Å². The van der Waals surface area contributed by atoms with Crippen LogP contribution in [0.4, 0.5) is 5.82 Å². The Kier molecular flexibility index (Phi) is 6.66. The van der Waals surface area contributed by atoms with Crippen molar-refractivity contribution < 1.29 is 13.2 Å². The first kappa shape index (κ1) is 23.1. The lowest BCUT2D eigenvalue weighted by atomic mass is 10.0. The lowest BCUT2D eigenvalue weighted by molar-refractivity contribution is -0.129. The summed E-state index contributed by atoms with van der Waals surface area (Å²) in [4.78, 5) is 25.5. The topological polar surface area (TPSA) is 86.7 Å². The van der Waals surface area contributed by atoms with Gasteiger partial charge in [-0.25, -0.2) is 18.4 Å². The number of amides is 1. The van der Waals surface area contributed by atoms with Gasteiger partial charge in [0.25, 0.3) is 0 Å². The Morgan fingerprint density at radius 1 is 1.13 bits per heavy atom. The molecule has 1 aromatic heterocycles. The minimum absolute atomic E-state index is 0.0330. The number of rotatable bonds is 7. The summed E-state index contributed by atoms with van der Waals surface area (Å²) in [6.07, 6.45) is 0.402. The highest BCUT2D eigenvalue weighted by molar-refractivity contribution is 7.89. The maximum atomic E-state index is 13.0. The summed E-state index contributed by atoms with van der Waals surface area (Å²) in [5, 5.41) is 0. The molecule has 168 valence electrons. The van der Waals surface area contributed by atoms with E-state index in [1.54, 1.807) is 24.3 Å². The van der Waals surface area contributed by atoms with E-state index >= 15 is 0 Å². The third kappa shape index (κ3) is 5.04. The van der Waals surface area contributed by atoms with Crippen molar-refractivity contribution in [3.8, 4) is 0 Å². The van der Waals surface area contributed by atoms with Crippen molar-refractivity contribution >= 4 is 21.7 Å². The van der Waals surface area contributed by atoms with Crippen LogP contribution in [0.15, 0.2) is 35.2 Å². The fourth-order valence-corrected chi connectivity index (χ4v) is 4.74. The van der Waals surface area contributed by atoms with Crippen molar-refractivity contribution in [3.63, 3.8) is 0 Å². The molecule has 1 saturated heterocycles. The third-order valence-electron chi connectivity index (χ3n) is 5.53. The number of likely N-dealkylation sites (tertiary alicyclic amines) is 1. The zero-order valence-corrected chi connectivity index (χ0v) is 19.8. The Bertz CT molecular complexity index is 1050. The van der Waals surface area contributed by atoms with E-state index in [-0.39, 0.29) is 29.3 Å². The predicted molar refractivity (Wildman–Crippen MR) is 120 cm³/mol. The highest BCUT2D eigenvalue weighted by Gasteiger charge is 2.33. The largest absolute Gasteiger partial charge is 0.363 e. The van der Waals surface area contributed by atoms with Crippen molar-refractivity contribution in [1.29, 1.82) is 0 Å². The molecule has 0 aliphatic carbocycles. The van der Waals surface area contributed by atoms with E-state index in [0.717, 1.165) is 11.3 Å². The number of carbonyl (C=O) groups is 1. The van der Waals surface area contributed by atoms with Crippen LogP contribution in [-0.2, 0) is 21.4 Å². The summed E-state index contributed by atoms with van der Waals surface area (Å²) in [7, 11) is 1.61. The quantitative estimate of drug-likeness (QED) is 0.650. The van der Waals surface area contributed by atoms with E-state index in [1.165, 1.54) is 11.4 Å². The van der Waals surface area contributed by atoms with Gasteiger partial charge in [-0.2, -0.15) is 4.31 Å². The van der Waals surface area contributed by atoms with Gasteiger partial charge in [-0.1, -0.05) is 17.7 Å². The standard InChI is InChI=1S/C22H31N5O3S/c1-15(2)27-13-17(11-22(27)28)19-12-21(25(4)5)24-20(23-19)14-26(6)31(29,30)18-9-7-16(3)8-10-18/h7-10,12,15,17H,11,13-14H2,1-6H3/t17-/m1/s1. The predicted octanol–water partition coefficient (Wildman–Crippen LogP) is 2.40. The highest BCUT2D eigenvalue weighted by atomic mass is 32.2. The van der Waals surface area contributed by atoms with Crippen LogP contribution < -0.4 is 4.90 Å². The van der Waals surface area contributed by atoms with Gasteiger partial charge in [-0.05, 0) is 32.9 Å². The van der Waals surface area contributed by atoms with Crippen LogP contribution in [0.5, 0.6) is 0 Å². The average Bonchev–Trinajstić information content (AvgIpc) is 3.10. The van der Waals surface area contributed by atoms with E-state index in [1.807, 2.05) is 50.7 Å². The molecule has 0 spiro atoms. The molecule has 1 atom stereocenters. The number of aryl methyl sites for hydroxylation is 1. The maximum absolute atomic E-state index is 13.0. The first-order chi connectivity index (χ1) is 14.5. The van der Waals surface area contributed by atoms with Gasteiger partial charge in [0.15, 0.2) is 0 Å². The first-order valence-corrected chi connectivity index (χ1v) is 11.8. The second kappa shape index (κ2) is 8.92. The number of hydrogen-bond donors (Lipinski definition) is 0. The molecule has 0 radical (unpaired) electrons. The van der Waals surface area contributed by atoms with Crippen LogP contribution in [-0.4, -0.2) is 67.2 Å². The summed E-state index contributed by atoms with van der Waals surface area (Å²) >= 11 is 0. The average molecular weight is 446 g/mol. The van der Waals surface area contributed by atoms with Crippen molar-refractivity contribution in [3.05, 3.63) is 47.4 Å². The van der Waals surface area contributed by atoms with Crippen molar-refractivity contribution in [2.24, 2.45) is 0 Å². The lowest BCUT2D eigenvalue weighted by Crippen LogP contribution is -2.32. The Morgan fingerprint density at radius 3 is 2.32 bits per heavy atom. The van der Waals surface area contributed by atoms with Gasteiger partial charge < -0.3 is 9.80 Å². The molecule has 0 saturated carbocycles. The number of aromatic nitrogens is 2. The van der Waals surface area contributed by atoms with E-state index < -0.39 is 10.0 Å². The number of sulfonamides is 1. The van der Waals surface area contributed by atoms with Crippen LogP contribution in [0.1, 0.15) is 43.3 Å². The van der Waals surface area contributed by atoms with Crippen LogP contribution in [0, 0.1) is 6.92 Å². The molecular formula is C22H31N5O3S. The zero-order chi connectivity index (χ0) is 22.9. The molecule has 8 nitrogen and oxygen atoms in total. The minimum Gasteiger partial charge on any atom is -0.363 e. The molecule has 3 rings (SSSR count). The molecule has 31 heavy (non-hydrogen) atoms. The second-order valence-electron chi connectivity index (χ2n) is 8.58. The zero-order valence-electron chi connectivity index (χ0n) is 19.0. The molecule has 1 aromatic carbocycles. The molecule has 1 aliphatic rings. The second-order valence-corrected chi connectivity index (χ2v) is 10.6. The number of hydrogen-bond acceptors (Lipinski definition) is 6. The summed E-state index contributed by atoms with van der Waals surface area (Å²) in [6.45, 7) is 6.57. The maximum Gasteiger partial charge on any atom is 0.243 e. The van der Waals surface area contributed by atoms with Crippen LogP contribution in [0.25, 0.3) is 0 Å². The Hall–Kier alpha value is -2.52. The van der Waals surface area contributed by atoms with Crippen molar-refractivity contribution in [2.45, 2.75) is 50.6 Å². The number of anilines is 1. The SMILES string of the molecule is Cc1ccc(S(=O)(=O)N(C)Cc2nc([C@@H]3CC(=O)N(C(C)C)C3)cc(N(C)C)n2)cc1. The van der Waals surface area contributed by atoms with Gasteiger partial charge in [0, 0.05) is 52.1 Å². The molecule has 0 unspecified atom stereocenters. The third-order valence-corrected chi connectivity index (χ3v) is 7.35. The first-order valence-electron chi connectivity index (χ1n) is 10.4. The molecule has 1 aliphatic heterocycles. The van der Waals surface area contributed by atoms with Crippen LogP contribution in [0.3, 0.4) is 0 Å². The molecule has 1 amide bonds. The number of carbonyl (C=O) groups excluding carboxylic acids is 1. The van der Waals surface area contributed by atoms with Crippen LogP contribution >= 0.6 is 0 Å². The Balaban J connectivity index is 1.89. The summed E-state index contributed by atoms with van der Waals surface area (Å²) in [6, 6.07) is 8.79.